The molecule has 2 aromatic carbocycles. The van der Waals surface area contributed by atoms with Gasteiger partial charge in [0.15, 0.2) is 0 Å². The number of alkyl halides is 3. The van der Waals surface area contributed by atoms with Gasteiger partial charge in [0, 0.05) is 34.5 Å². The maximum Gasteiger partial charge on any atom is 0.435 e. The van der Waals surface area contributed by atoms with Gasteiger partial charge in [0.25, 0.3) is 5.60 Å². The van der Waals surface area contributed by atoms with Crippen molar-refractivity contribution < 1.29 is 22.8 Å². The second kappa shape index (κ2) is 8.18. The molecule has 0 saturated heterocycles. The standard InChI is InChI=1S/C20H16Cl2F3N5O2/c1-11(31)28-16-4-12(2-3-18(16)30-10-26-9-27-30)17-8-19(32-29-17,20(23,24)25)13-5-14(21)7-15(22)6-13/h2-7,9H,8,10H2,1H3,(H,26,27)(H,28,31). The summed E-state index contributed by atoms with van der Waals surface area (Å²) in [7, 11) is 0. The van der Waals surface area contributed by atoms with Gasteiger partial charge in [-0.2, -0.15) is 13.2 Å². The minimum Gasteiger partial charge on any atom is -0.374 e. The molecule has 2 aliphatic rings. The van der Waals surface area contributed by atoms with Crippen LogP contribution in [0.3, 0.4) is 0 Å². The number of nitrogens with one attached hydrogen (secondary N) is 2. The first-order valence-corrected chi connectivity index (χ1v) is 10.1. The molecule has 168 valence electrons. The van der Waals surface area contributed by atoms with Crippen LogP contribution in [0, 0.1) is 0 Å². The predicted octanol–water partition coefficient (Wildman–Crippen LogP) is 4.84. The highest BCUT2D eigenvalue weighted by molar-refractivity contribution is 6.34. The summed E-state index contributed by atoms with van der Waals surface area (Å²) in [6, 6.07) is 8.43. The van der Waals surface area contributed by atoms with Crippen LogP contribution in [0.2, 0.25) is 10.0 Å². The third-order valence-electron chi connectivity index (χ3n) is 4.97. The van der Waals surface area contributed by atoms with Gasteiger partial charge in [-0.15, -0.1) is 0 Å². The largest absolute Gasteiger partial charge is 0.435 e. The van der Waals surface area contributed by atoms with E-state index in [-0.39, 0.29) is 27.2 Å². The van der Waals surface area contributed by atoms with E-state index in [4.69, 9.17) is 28.0 Å². The fraction of sp³-hybridized carbons (Fsp3) is 0.250. The van der Waals surface area contributed by atoms with Crippen LogP contribution in [-0.2, 0) is 15.2 Å². The van der Waals surface area contributed by atoms with Crippen LogP contribution in [0.5, 0.6) is 0 Å². The zero-order chi connectivity index (χ0) is 23.1. The van der Waals surface area contributed by atoms with Crippen molar-refractivity contribution in [3.63, 3.8) is 0 Å². The van der Waals surface area contributed by atoms with Crippen molar-refractivity contribution in [2.45, 2.75) is 25.1 Å². The van der Waals surface area contributed by atoms with Gasteiger partial charge in [-0.05, 0) is 30.3 Å². The molecule has 0 aromatic heterocycles. The van der Waals surface area contributed by atoms with Crippen molar-refractivity contribution in [3.8, 4) is 0 Å². The van der Waals surface area contributed by atoms with Gasteiger partial charge in [-0.25, -0.2) is 0 Å². The van der Waals surface area contributed by atoms with Gasteiger partial charge >= 0.3 is 6.18 Å². The lowest BCUT2D eigenvalue weighted by Gasteiger charge is -2.29. The first kappa shape index (κ1) is 22.2. The van der Waals surface area contributed by atoms with Gasteiger partial charge in [0.2, 0.25) is 5.91 Å². The molecule has 2 aromatic rings. The summed E-state index contributed by atoms with van der Waals surface area (Å²) in [6.45, 7) is 1.64. The Kier molecular flexibility index (Phi) is 5.68. The normalized spacial score (nSPS) is 20.1. The van der Waals surface area contributed by atoms with E-state index in [0.29, 0.717) is 23.6 Å². The third kappa shape index (κ3) is 4.07. The van der Waals surface area contributed by atoms with Crippen LogP contribution in [0.1, 0.15) is 24.5 Å². The molecule has 2 N–H and O–H groups in total. The number of hydrogen-bond acceptors (Lipinski definition) is 6. The summed E-state index contributed by atoms with van der Waals surface area (Å²) in [5.74, 6) is -0.341. The van der Waals surface area contributed by atoms with Crippen LogP contribution in [0.25, 0.3) is 0 Å². The summed E-state index contributed by atoms with van der Waals surface area (Å²) >= 11 is 11.9. The van der Waals surface area contributed by atoms with Gasteiger partial charge < -0.3 is 10.2 Å². The molecule has 1 amide bonds. The van der Waals surface area contributed by atoms with E-state index in [9.17, 15) is 18.0 Å². The van der Waals surface area contributed by atoms with E-state index in [1.54, 1.807) is 17.1 Å². The fourth-order valence-electron chi connectivity index (χ4n) is 3.51. The van der Waals surface area contributed by atoms with Gasteiger partial charge in [0.05, 0.1) is 17.1 Å². The number of amides is 1. The van der Waals surface area contributed by atoms with E-state index in [1.165, 1.54) is 25.4 Å². The van der Waals surface area contributed by atoms with Crippen molar-refractivity contribution in [3.05, 3.63) is 57.6 Å². The molecule has 0 radical (unpaired) electrons. The summed E-state index contributed by atoms with van der Waals surface area (Å²) in [5, 5.41) is 8.19. The Labute approximate surface area is 190 Å². The van der Waals surface area contributed by atoms with Crippen LogP contribution < -0.4 is 15.8 Å². The SMILES string of the molecule is CC(=O)Nc1cc(C2=NOC(c3cc(Cl)cc(Cl)c3)(C(F)(F)F)C2)ccc1N1CN=CN1. The highest BCUT2D eigenvalue weighted by Crippen LogP contribution is 2.50. The third-order valence-corrected chi connectivity index (χ3v) is 5.41. The molecule has 1 unspecified atom stereocenters. The first-order chi connectivity index (χ1) is 15.1. The smallest absolute Gasteiger partial charge is 0.374 e. The minimum absolute atomic E-state index is 0.0470. The molecular formula is C20H16Cl2F3N5O2. The van der Waals surface area contributed by atoms with E-state index >= 15 is 0 Å². The van der Waals surface area contributed by atoms with Gasteiger partial charge in [-0.1, -0.05) is 34.4 Å². The number of carbonyl (C=O) groups excluding carboxylic acids is 1. The topological polar surface area (TPSA) is 78.3 Å². The molecule has 7 nitrogen and oxygen atoms in total. The number of hydrazine groups is 1. The van der Waals surface area contributed by atoms with Crippen molar-refractivity contribution in [1.82, 2.24) is 5.43 Å². The lowest BCUT2D eigenvalue weighted by molar-refractivity contribution is -0.275. The summed E-state index contributed by atoms with van der Waals surface area (Å²) in [6.07, 6.45) is -3.91. The summed E-state index contributed by atoms with van der Waals surface area (Å²) in [4.78, 5) is 20.8. The number of halogens is 5. The molecule has 0 aliphatic carbocycles. The molecular weight excluding hydrogens is 470 g/mol. The Balaban J connectivity index is 1.71. The maximum atomic E-state index is 14.2. The van der Waals surface area contributed by atoms with Crippen molar-refractivity contribution >= 4 is 52.5 Å². The van der Waals surface area contributed by atoms with E-state index in [1.807, 2.05) is 0 Å². The molecule has 12 heteroatoms. The number of carbonyl (C=O) groups is 1. The number of anilines is 2. The molecule has 0 saturated carbocycles. The molecule has 0 fully saturated rings. The lowest BCUT2D eigenvalue weighted by Crippen LogP contribution is -2.42. The number of rotatable bonds is 4. The molecule has 0 spiro atoms. The van der Waals surface area contributed by atoms with E-state index in [0.717, 1.165) is 12.1 Å². The average Bonchev–Trinajstić information content (AvgIpc) is 3.37. The Morgan fingerprint density at radius 1 is 1.22 bits per heavy atom. The van der Waals surface area contributed by atoms with Crippen LogP contribution in [0.4, 0.5) is 24.5 Å². The first-order valence-electron chi connectivity index (χ1n) is 9.31. The Hall–Kier alpha value is -2.98. The van der Waals surface area contributed by atoms with Gasteiger partial charge in [0.1, 0.15) is 13.0 Å². The second-order valence-electron chi connectivity index (χ2n) is 7.21. The highest BCUT2D eigenvalue weighted by atomic mass is 35.5. The fourth-order valence-corrected chi connectivity index (χ4v) is 4.03. The quantitative estimate of drug-likeness (QED) is 0.649. The molecule has 2 heterocycles. The van der Waals surface area contributed by atoms with Crippen LogP contribution in [-0.4, -0.2) is 30.8 Å². The Morgan fingerprint density at radius 2 is 1.94 bits per heavy atom. The number of benzene rings is 2. The molecule has 32 heavy (non-hydrogen) atoms. The number of hydrogen-bond donors (Lipinski definition) is 2. The number of oxime groups is 1. The van der Waals surface area contributed by atoms with Crippen molar-refractivity contribution in [2.75, 3.05) is 17.0 Å². The zero-order valence-corrected chi connectivity index (χ0v) is 18.0. The Bertz CT molecular complexity index is 1110. The number of nitrogens with zero attached hydrogens (tertiary/aromatic N) is 3. The van der Waals surface area contributed by atoms with E-state index < -0.39 is 18.2 Å². The highest BCUT2D eigenvalue weighted by Gasteiger charge is 2.62. The molecule has 0 bridgehead atoms. The van der Waals surface area contributed by atoms with Crippen LogP contribution >= 0.6 is 23.2 Å². The molecule has 2 aliphatic heterocycles. The molecule has 1 atom stereocenters. The monoisotopic (exact) mass is 485 g/mol. The van der Waals surface area contributed by atoms with Crippen LogP contribution in [0.15, 0.2) is 46.5 Å². The van der Waals surface area contributed by atoms with Crippen molar-refractivity contribution in [2.24, 2.45) is 10.1 Å². The summed E-state index contributed by atoms with van der Waals surface area (Å²) in [5.41, 5.74) is 1.29. The molecule has 4 rings (SSSR count). The zero-order valence-electron chi connectivity index (χ0n) is 16.5. The van der Waals surface area contributed by atoms with Crippen molar-refractivity contribution in [1.29, 1.82) is 0 Å². The second-order valence-corrected chi connectivity index (χ2v) is 8.09. The Morgan fingerprint density at radius 3 is 2.53 bits per heavy atom. The van der Waals surface area contributed by atoms with E-state index in [2.05, 4.69) is 20.9 Å². The number of aliphatic imine (C=N–C) groups is 1. The maximum absolute atomic E-state index is 14.2. The van der Waals surface area contributed by atoms with Gasteiger partial charge in [-0.3, -0.25) is 20.2 Å². The minimum atomic E-state index is -4.80. The predicted molar refractivity (Wildman–Crippen MR) is 116 cm³/mol. The average molecular weight is 486 g/mol. The summed E-state index contributed by atoms with van der Waals surface area (Å²) < 4.78 is 42.6. The lowest BCUT2D eigenvalue weighted by atomic mass is 9.86.